The number of ether oxygens (including phenoxy) is 2. The maximum absolute atomic E-state index is 13.7. The molecule has 0 amide bonds. The molecular formula is C40H36FN3O6. The van der Waals surface area contributed by atoms with Crippen molar-refractivity contribution >= 4 is 16.6 Å². The highest BCUT2D eigenvalue weighted by Gasteiger charge is 2.25. The van der Waals surface area contributed by atoms with E-state index in [1.165, 1.54) is 24.3 Å². The van der Waals surface area contributed by atoms with Crippen LogP contribution in [-0.2, 0) is 19.6 Å². The molecule has 9 nitrogen and oxygen atoms in total. The number of hydrogen-bond donors (Lipinski definition) is 2. The summed E-state index contributed by atoms with van der Waals surface area (Å²) in [6, 6.07) is 36.8. The largest absolute Gasteiger partial charge is 0.482 e. The van der Waals surface area contributed by atoms with Crippen LogP contribution >= 0.6 is 0 Å². The Morgan fingerprint density at radius 2 is 1.54 bits per heavy atom. The van der Waals surface area contributed by atoms with Gasteiger partial charge in [-0.05, 0) is 65.1 Å². The van der Waals surface area contributed by atoms with E-state index in [-0.39, 0.29) is 43.1 Å². The second-order valence-corrected chi connectivity index (χ2v) is 11.9. The molecule has 2 atom stereocenters. The Hall–Kier alpha value is -5.68. The third kappa shape index (κ3) is 8.66. The van der Waals surface area contributed by atoms with Gasteiger partial charge >= 0.3 is 5.69 Å². The van der Waals surface area contributed by atoms with Crippen LogP contribution in [0.3, 0.4) is 0 Å². The summed E-state index contributed by atoms with van der Waals surface area (Å²) < 4.78 is 25.6. The van der Waals surface area contributed by atoms with Crippen LogP contribution in [0.1, 0.15) is 28.4 Å². The number of rotatable bonds is 15. The second kappa shape index (κ2) is 16.1. The van der Waals surface area contributed by atoms with Crippen molar-refractivity contribution in [3.05, 3.63) is 172 Å². The minimum absolute atomic E-state index is 0.110. The highest BCUT2D eigenvalue weighted by atomic mass is 19.1. The van der Waals surface area contributed by atoms with Crippen LogP contribution in [0.2, 0.25) is 0 Å². The maximum atomic E-state index is 13.7. The van der Waals surface area contributed by atoms with Gasteiger partial charge in [-0.1, -0.05) is 78.9 Å². The number of aliphatic hydroxyl groups excluding tert-OH is 2. The highest BCUT2D eigenvalue weighted by Crippen LogP contribution is 2.33. The summed E-state index contributed by atoms with van der Waals surface area (Å²) in [5.74, 6) is 0.875. The maximum Gasteiger partial charge on any atom is 0.311 e. The van der Waals surface area contributed by atoms with Crippen LogP contribution < -0.4 is 9.47 Å². The Kier molecular flexibility index (Phi) is 11.0. The molecule has 0 saturated heterocycles. The lowest BCUT2D eigenvalue weighted by Crippen LogP contribution is -2.41. The summed E-state index contributed by atoms with van der Waals surface area (Å²) in [4.78, 5) is 17.7. The van der Waals surface area contributed by atoms with Crippen LogP contribution in [0, 0.1) is 15.9 Å². The first kappa shape index (κ1) is 34.2. The molecular weight excluding hydrogens is 637 g/mol. The van der Waals surface area contributed by atoms with Crippen LogP contribution in [0.15, 0.2) is 134 Å². The van der Waals surface area contributed by atoms with E-state index in [0.717, 1.165) is 16.7 Å². The summed E-state index contributed by atoms with van der Waals surface area (Å²) in [5, 5.41) is 34.7. The number of benzene rings is 5. The zero-order chi connectivity index (χ0) is 34.9. The van der Waals surface area contributed by atoms with E-state index in [2.05, 4.69) is 4.98 Å². The average molecular weight is 674 g/mol. The molecule has 6 aromatic rings. The molecule has 0 saturated carbocycles. The Balaban J connectivity index is 1.18. The molecule has 6 rings (SSSR count). The standard InChI is InChI=1S/C40H36FN3O6/c41-32-14-17-35-36(23-32)42-20-19-39(35)50-34-15-11-28(12-16-34)21-33(26-45)43(24-29-7-3-1-4-8-29)25-38(46)31-13-18-40(37(22-31)44(47)48)49-27-30-9-5-2-6-10-30/h1-20,22-23,33,38,45-46H,21,24-27H2/t33-,38+/m0/s1. The summed E-state index contributed by atoms with van der Waals surface area (Å²) in [6.45, 7) is 0.518. The molecule has 0 bridgehead atoms. The van der Waals surface area contributed by atoms with Crippen LogP contribution in [-0.4, -0.2) is 44.2 Å². The minimum Gasteiger partial charge on any atom is -0.482 e. The van der Waals surface area contributed by atoms with Crippen molar-refractivity contribution in [2.24, 2.45) is 0 Å². The van der Waals surface area contributed by atoms with Gasteiger partial charge in [0.05, 0.1) is 23.2 Å². The van der Waals surface area contributed by atoms with E-state index >= 15 is 0 Å². The number of nitro benzene ring substituents is 1. The van der Waals surface area contributed by atoms with E-state index in [0.29, 0.717) is 40.9 Å². The SMILES string of the molecule is O=[N+]([O-])c1cc([C@H](O)CN(Cc2ccccc2)[C@H](CO)Cc2ccc(Oc3ccnc4cc(F)ccc34)cc2)ccc1OCc1ccccc1. The van der Waals surface area contributed by atoms with Gasteiger partial charge in [0.25, 0.3) is 0 Å². The number of fused-ring (bicyclic) bond motifs is 1. The molecule has 1 aromatic heterocycles. The molecule has 0 fully saturated rings. The van der Waals surface area contributed by atoms with E-state index in [1.54, 1.807) is 24.4 Å². The molecule has 10 heteroatoms. The van der Waals surface area contributed by atoms with Gasteiger partial charge in [-0.15, -0.1) is 0 Å². The molecule has 0 aliphatic heterocycles. The van der Waals surface area contributed by atoms with E-state index < -0.39 is 11.0 Å². The molecule has 1 heterocycles. The molecule has 0 spiro atoms. The molecule has 0 radical (unpaired) electrons. The lowest BCUT2D eigenvalue weighted by Gasteiger charge is -2.32. The van der Waals surface area contributed by atoms with Crippen molar-refractivity contribution in [3.8, 4) is 17.2 Å². The first-order valence-corrected chi connectivity index (χ1v) is 16.2. The number of pyridine rings is 1. The molecule has 2 N–H and O–H groups in total. The van der Waals surface area contributed by atoms with Crippen molar-refractivity contribution in [1.29, 1.82) is 0 Å². The summed E-state index contributed by atoms with van der Waals surface area (Å²) in [5.41, 5.74) is 3.42. The Morgan fingerprint density at radius 1 is 0.820 bits per heavy atom. The average Bonchev–Trinajstić information content (AvgIpc) is 3.14. The fourth-order valence-electron chi connectivity index (χ4n) is 5.82. The topological polar surface area (TPSA) is 118 Å². The first-order valence-electron chi connectivity index (χ1n) is 16.2. The van der Waals surface area contributed by atoms with Gasteiger partial charge in [0.2, 0.25) is 0 Å². The molecule has 5 aromatic carbocycles. The first-order chi connectivity index (χ1) is 24.4. The number of halogens is 1. The normalized spacial score (nSPS) is 12.5. The third-order valence-corrected chi connectivity index (χ3v) is 8.45. The van der Waals surface area contributed by atoms with Crippen molar-refractivity contribution < 1.29 is 29.0 Å². The highest BCUT2D eigenvalue weighted by molar-refractivity contribution is 5.85. The van der Waals surface area contributed by atoms with E-state index in [1.807, 2.05) is 89.8 Å². The van der Waals surface area contributed by atoms with Crippen molar-refractivity contribution in [3.63, 3.8) is 0 Å². The molecule has 0 aliphatic rings. The van der Waals surface area contributed by atoms with E-state index in [9.17, 15) is 24.7 Å². The number of nitrogens with zero attached hydrogens (tertiary/aromatic N) is 3. The summed E-state index contributed by atoms with van der Waals surface area (Å²) >= 11 is 0. The number of hydrogen-bond acceptors (Lipinski definition) is 8. The smallest absolute Gasteiger partial charge is 0.311 e. The van der Waals surface area contributed by atoms with Crippen LogP contribution in [0.25, 0.3) is 10.9 Å². The van der Waals surface area contributed by atoms with Gasteiger partial charge in [-0.3, -0.25) is 20.0 Å². The van der Waals surface area contributed by atoms with Gasteiger partial charge < -0.3 is 19.7 Å². The fraction of sp³-hybridized carbons (Fsp3) is 0.175. The van der Waals surface area contributed by atoms with Gasteiger partial charge in [0.1, 0.15) is 23.9 Å². The fourth-order valence-corrected chi connectivity index (χ4v) is 5.82. The Morgan fingerprint density at radius 3 is 2.24 bits per heavy atom. The number of nitro groups is 1. The Bertz CT molecular complexity index is 2030. The van der Waals surface area contributed by atoms with Gasteiger partial charge in [0, 0.05) is 42.8 Å². The number of aliphatic hydroxyl groups is 2. The zero-order valence-electron chi connectivity index (χ0n) is 27.1. The van der Waals surface area contributed by atoms with Crippen molar-refractivity contribution in [2.45, 2.75) is 31.7 Å². The predicted molar refractivity (Wildman–Crippen MR) is 188 cm³/mol. The van der Waals surface area contributed by atoms with Crippen molar-refractivity contribution in [2.75, 3.05) is 13.2 Å². The molecule has 50 heavy (non-hydrogen) atoms. The third-order valence-electron chi connectivity index (χ3n) is 8.45. The lowest BCUT2D eigenvalue weighted by atomic mass is 10.0. The summed E-state index contributed by atoms with van der Waals surface area (Å²) in [6.07, 6.45) is 0.939. The van der Waals surface area contributed by atoms with Gasteiger partial charge in [-0.25, -0.2) is 4.39 Å². The van der Waals surface area contributed by atoms with Crippen LogP contribution in [0.4, 0.5) is 10.1 Å². The van der Waals surface area contributed by atoms with Gasteiger partial charge in [0.15, 0.2) is 5.75 Å². The second-order valence-electron chi connectivity index (χ2n) is 11.9. The minimum atomic E-state index is -1.09. The lowest BCUT2D eigenvalue weighted by molar-refractivity contribution is -0.386. The predicted octanol–water partition coefficient (Wildman–Crippen LogP) is 7.79. The molecule has 0 unspecified atom stereocenters. The zero-order valence-corrected chi connectivity index (χ0v) is 27.1. The number of aromatic nitrogens is 1. The van der Waals surface area contributed by atoms with Crippen LogP contribution in [0.5, 0.6) is 17.2 Å². The molecule has 0 aliphatic carbocycles. The monoisotopic (exact) mass is 673 g/mol. The van der Waals surface area contributed by atoms with Crippen molar-refractivity contribution in [1.82, 2.24) is 9.88 Å². The Labute approximate surface area is 289 Å². The quantitative estimate of drug-likeness (QED) is 0.0838. The summed E-state index contributed by atoms with van der Waals surface area (Å²) in [7, 11) is 0. The van der Waals surface area contributed by atoms with Gasteiger partial charge in [-0.2, -0.15) is 0 Å². The van der Waals surface area contributed by atoms with E-state index in [4.69, 9.17) is 9.47 Å². The molecule has 254 valence electrons.